The first-order valence-corrected chi connectivity index (χ1v) is 9.66. The number of hydrogen-bond acceptors (Lipinski definition) is 5. The molecule has 0 unspecified atom stereocenters. The van der Waals surface area contributed by atoms with Crippen LogP contribution in [0.5, 0.6) is 5.75 Å². The number of aromatic carboxylic acids is 1. The molecule has 0 amide bonds. The fraction of sp³-hybridized carbons (Fsp3) is 0.333. The predicted molar refractivity (Wildman–Crippen MR) is 125 cm³/mol. The minimum Gasteiger partial charge on any atom is -0.506 e. The molecule has 1 aromatic carbocycles. The normalized spacial score (nSPS) is 12.3. The number of hydrogen-bond donors (Lipinski definition) is 5. The average molecular weight is 469 g/mol. The van der Waals surface area contributed by atoms with Gasteiger partial charge < -0.3 is 30.8 Å². The molecule has 0 saturated carbocycles. The molecule has 1 aliphatic carbocycles. The van der Waals surface area contributed by atoms with Crippen LogP contribution in [0.25, 0.3) is 22.2 Å². The maximum Gasteiger partial charge on any atom is 0.345 e. The van der Waals surface area contributed by atoms with Crippen LogP contribution in [-0.4, -0.2) is 38.8 Å². The van der Waals surface area contributed by atoms with Crippen molar-refractivity contribution >= 4 is 41.7 Å². The summed E-state index contributed by atoms with van der Waals surface area (Å²) in [5.41, 5.74) is 9.27. The minimum absolute atomic E-state index is 0. The maximum atomic E-state index is 12.3. The van der Waals surface area contributed by atoms with Crippen LogP contribution < -0.4 is 16.6 Å². The highest BCUT2D eigenvalue weighted by Gasteiger charge is 2.26. The van der Waals surface area contributed by atoms with E-state index in [0.29, 0.717) is 30.8 Å². The zero-order valence-electron chi connectivity index (χ0n) is 17.0. The van der Waals surface area contributed by atoms with Gasteiger partial charge in [-0.25, -0.2) is 4.79 Å². The van der Waals surface area contributed by atoms with Crippen molar-refractivity contribution in [3.63, 3.8) is 0 Å². The number of rotatable bonds is 5. The van der Waals surface area contributed by atoms with Gasteiger partial charge in [0.05, 0.1) is 5.69 Å². The van der Waals surface area contributed by atoms with Crippen molar-refractivity contribution in [1.82, 2.24) is 14.9 Å². The number of aromatic hydroxyl groups is 1. The van der Waals surface area contributed by atoms with Crippen molar-refractivity contribution in [2.24, 2.45) is 12.8 Å². The first-order valence-electron chi connectivity index (χ1n) is 9.66. The van der Waals surface area contributed by atoms with Gasteiger partial charge in [-0.3, -0.25) is 4.79 Å². The molecule has 0 atom stereocenters. The van der Waals surface area contributed by atoms with Gasteiger partial charge in [-0.1, -0.05) is 0 Å². The number of pyridine rings is 1. The average Bonchev–Trinajstić information content (AvgIpc) is 2.86. The Morgan fingerprint density at radius 2 is 2.00 bits per heavy atom. The van der Waals surface area contributed by atoms with Gasteiger partial charge in [0.15, 0.2) is 5.56 Å². The molecule has 0 aliphatic heterocycles. The molecule has 2 heterocycles. The molecule has 0 saturated heterocycles. The van der Waals surface area contributed by atoms with E-state index in [1.165, 1.54) is 0 Å². The molecule has 3 aromatic rings. The number of aromatic amines is 1. The summed E-state index contributed by atoms with van der Waals surface area (Å²) in [6.45, 7) is 2.01. The third-order valence-electron chi connectivity index (χ3n) is 5.64. The first kappa shape index (κ1) is 24.7. The van der Waals surface area contributed by atoms with E-state index in [1.54, 1.807) is 0 Å². The fourth-order valence-electron chi connectivity index (χ4n) is 4.17. The Bertz CT molecular complexity index is 1190. The topological polar surface area (TPSA) is 133 Å². The summed E-state index contributed by atoms with van der Waals surface area (Å²) in [5.74, 6) is -1.85. The molecule has 4 rings (SSSR count). The molecule has 10 heteroatoms. The number of halogens is 2. The highest BCUT2D eigenvalue weighted by Crippen LogP contribution is 2.38. The Hall–Kier alpha value is -2.52. The number of carboxylic acid groups (broad SMARTS) is 1. The van der Waals surface area contributed by atoms with Gasteiger partial charge in [0.1, 0.15) is 5.75 Å². The largest absolute Gasteiger partial charge is 0.506 e. The summed E-state index contributed by atoms with van der Waals surface area (Å²) in [4.78, 5) is 26.4. The van der Waals surface area contributed by atoms with Crippen LogP contribution in [0, 0.1) is 0 Å². The van der Waals surface area contributed by atoms with Crippen molar-refractivity contribution in [1.29, 1.82) is 0 Å². The lowest BCUT2D eigenvalue weighted by atomic mass is 9.98. The standard InChI is InChI=1S/C21H24N4O4.2ClH/c1-25-13(10-23-6-5-22)7-12-8-15-11(9-16(12)25)3-2-4-14-18(15)24-20(27)17(19(14)26)21(28)29;;/h7-9,23H,2-6,10,22H2,1H3,(H,28,29)(H2,24,26,27);2*1H. The highest BCUT2D eigenvalue weighted by atomic mass is 35.5. The Morgan fingerprint density at radius 1 is 1.26 bits per heavy atom. The monoisotopic (exact) mass is 468 g/mol. The summed E-state index contributed by atoms with van der Waals surface area (Å²) in [6.07, 6.45) is 2.02. The zero-order chi connectivity index (χ0) is 20.7. The van der Waals surface area contributed by atoms with E-state index in [0.717, 1.165) is 47.1 Å². The van der Waals surface area contributed by atoms with Gasteiger partial charge in [0.25, 0.3) is 5.56 Å². The number of nitrogens with zero attached hydrogens (tertiary/aromatic N) is 1. The number of carbonyl (C=O) groups is 1. The quantitative estimate of drug-likeness (QED) is 0.364. The molecular formula is C21H26Cl2N4O4. The lowest BCUT2D eigenvalue weighted by Gasteiger charge is -2.13. The Kier molecular flexibility index (Phi) is 7.77. The van der Waals surface area contributed by atoms with Gasteiger partial charge in [0.2, 0.25) is 0 Å². The van der Waals surface area contributed by atoms with Crippen LogP contribution in [0.2, 0.25) is 0 Å². The van der Waals surface area contributed by atoms with Crippen molar-refractivity contribution in [2.75, 3.05) is 13.1 Å². The van der Waals surface area contributed by atoms with E-state index in [-0.39, 0.29) is 24.8 Å². The van der Waals surface area contributed by atoms with E-state index in [4.69, 9.17) is 5.73 Å². The molecule has 0 bridgehead atoms. The van der Waals surface area contributed by atoms with E-state index in [2.05, 4.69) is 27.0 Å². The predicted octanol–water partition coefficient (Wildman–Crippen LogP) is 2.32. The summed E-state index contributed by atoms with van der Waals surface area (Å²) in [7, 11) is 2.02. The number of fused-ring (bicyclic) bond motifs is 4. The third kappa shape index (κ3) is 4.29. The number of nitrogens with one attached hydrogen (secondary N) is 2. The lowest BCUT2D eigenvalue weighted by molar-refractivity contribution is 0.0691. The van der Waals surface area contributed by atoms with Gasteiger partial charge in [-0.15, -0.1) is 24.8 Å². The number of nitrogens with two attached hydrogens (primary N) is 1. The summed E-state index contributed by atoms with van der Waals surface area (Å²) < 4.78 is 2.14. The molecule has 1 aliphatic rings. The van der Waals surface area contributed by atoms with Crippen LogP contribution in [0.1, 0.15) is 33.6 Å². The molecular weight excluding hydrogens is 443 g/mol. The molecule has 2 aromatic heterocycles. The second-order valence-electron chi connectivity index (χ2n) is 7.42. The smallest absolute Gasteiger partial charge is 0.345 e. The number of aromatic nitrogens is 2. The third-order valence-corrected chi connectivity index (χ3v) is 5.64. The van der Waals surface area contributed by atoms with E-state index < -0.39 is 22.8 Å². The SMILES string of the molecule is Cl.Cl.Cn1c(CNCCN)cc2cc3c(cc21)CCCc1c-3[nH]c(=O)c(C(=O)O)c1O. The van der Waals surface area contributed by atoms with Crippen LogP contribution in [0.3, 0.4) is 0 Å². The van der Waals surface area contributed by atoms with E-state index >= 15 is 0 Å². The molecule has 168 valence electrons. The Balaban J connectivity index is 0.00000171. The molecule has 0 fully saturated rings. The molecule has 31 heavy (non-hydrogen) atoms. The second-order valence-corrected chi connectivity index (χ2v) is 7.42. The molecule has 6 N–H and O–H groups in total. The first-order chi connectivity index (χ1) is 13.9. The van der Waals surface area contributed by atoms with Crippen LogP contribution in [0.4, 0.5) is 0 Å². The van der Waals surface area contributed by atoms with Crippen molar-refractivity contribution in [3.05, 3.63) is 50.9 Å². The number of carboxylic acids is 1. The Morgan fingerprint density at radius 3 is 2.68 bits per heavy atom. The van der Waals surface area contributed by atoms with Gasteiger partial charge in [-0.2, -0.15) is 0 Å². The van der Waals surface area contributed by atoms with Gasteiger partial charge in [-0.05, 0) is 43.0 Å². The maximum absolute atomic E-state index is 12.3. The van der Waals surface area contributed by atoms with Crippen LogP contribution in [0.15, 0.2) is 23.0 Å². The summed E-state index contributed by atoms with van der Waals surface area (Å²) in [6, 6.07) is 6.22. The van der Waals surface area contributed by atoms with E-state index in [9.17, 15) is 19.8 Å². The van der Waals surface area contributed by atoms with Crippen molar-refractivity contribution < 1.29 is 15.0 Å². The number of H-pyrrole nitrogens is 1. The fourth-order valence-corrected chi connectivity index (χ4v) is 4.17. The molecule has 0 radical (unpaired) electrons. The van der Waals surface area contributed by atoms with E-state index in [1.807, 2.05) is 13.1 Å². The van der Waals surface area contributed by atoms with Crippen molar-refractivity contribution in [2.45, 2.75) is 25.8 Å². The Labute approximate surface area is 191 Å². The zero-order valence-corrected chi connectivity index (χ0v) is 18.7. The summed E-state index contributed by atoms with van der Waals surface area (Å²) >= 11 is 0. The van der Waals surface area contributed by atoms with Crippen LogP contribution >= 0.6 is 24.8 Å². The van der Waals surface area contributed by atoms with Gasteiger partial charge in [0, 0.05) is 54.4 Å². The number of aryl methyl sites for hydroxylation is 2. The second kappa shape index (κ2) is 9.74. The molecule has 8 nitrogen and oxygen atoms in total. The highest BCUT2D eigenvalue weighted by molar-refractivity contribution is 5.93. The van der Waals surface area contributed by atoms with Crippen LogP contribution in [-0.2, 0) is 26.4 Å². The summed E-state index contributed by atoms with van der Waals surface area (Å²) in [5, 5.41) is 24.1. The number of benzene rings is 1. The van der Waals surface area contributed by atoms with Crippen molar-refractivity contribution in [3.8, 4) is 17.0 Å². The minimum atomic E-state index is -1.43. The van der Waals surface area contributed by atoms with Gasteiger partial charge >= 0.3 is 5.97 Å². The lowest BCUT2D eigenvalue weighted by Crippen LogP contribution is -2.22. The molecule has 0 spiro atoms.